The van der Waals surface area contributed by atoms with Gasteiger partial charge in [-0.2, -0.15) is 0 Å². The van der Waals surface area contributed by atoms with Crippen molar-refractivity contribution in [2.24, 2.45) is 23.7 Å². The maximum absolute atomic E-state index is 12.9. The second-order valence-electron chi connectivity index (χ2n) is 9.43. The molecular weight excluding hydrogens is 290 g/mol. The standard InChI is InChI=1S/C19H32NO3/c1-6-20(4,5)11-13-15-8-7-12(2)14-9-10-18(3)17(23-18)19(14,15)22-16(13)21/h12-15,17H,6-11H2,1-5H3/q+1/t12-,13-,14-,15+,17-,18-,19-/m1/s1. The van der Waals surface area contributed by atoms with Crippen LogP contribution in [0.15, 0.2) is 0 Å². The monoisotopic (exact) mass is 322 g/mol. The lowest BCUT2D eigenvalue weighted by molar-refractivity contribution is -0.891. The third-order valence-electron chi connectivity index (χ3n) is 7.64. The molecule has 1 spiro atoms. The van der Waals surface area contributed by atoms with E-state index in [1.165, 1.54) is 6.42 Å². The van der Waals surface area contributed by atoms with Crippen molar-refractivity contribution in [1.29, 1.82) is 0 Å². The van der Waals surface area contributed by atoms with Crippen LogP contribution in [0.4, 0.5) is 0 Å². The summed E-state index contributed by atoms with van der Waals surface area (Å²) in [6, 6.07) is 0. The van der Waals surface area contributed by atoms with E-state index in [4.69, 9.17) is 9.47 Å². The Labute approximate surface area is 140 Å². The highest BCUT2D eigenvalue weighted by Crippen LogP contribution is 2.66. The minimum Gasteiger partial charge on any atom is -0.455 e. The maximum Gasteiger partial charge on any atom is 0.315 e. The van der Waals surface area contributed by atoms with Crippen LogP contribution in [0, 0.1) is 23.7 Å². The van der Waals surface area contributed by atoms with Gasteiger partial charge in [0.1, 0.15) is 17.6 Å². The second-order valence-corrected chi connectivity index (χ2v) is 9.43. The highest BCUT2D eigenvalue weighted by atomic mass is 16.7. The first-order valence-corrected chi connectivity index (χ1v) is 9.46. The topological polar surface area (TPSA) is 38.8 Å². The molecule has 0 radical (unpaired) electrons. The zero-order valence-electron chi connectivity index (χ0n) is 15.3. The van der Waals surface area contributed by atoms with Crippen LogP contribution in [0.3, 0.4) is 0 Å². The summed E-state index contributed by atoms with van der Waals surface area (Å²) in [5.41, 5.74) is -0.351. The molecule has 7 atom stereocenters. The van der Waals surface area contributed by atoms with Crippen molar-refractivity contribution in [1.82, 2.24) is 0 Å². The largest absolute Gasteiger partial charge is 0.455 e. The first kappa shape index (κ1) is 15.9. The van der Waals surface area contributed by atoms with Gasteiger partial charge >= 0.3 is 5.97 Å². The summed E-state index contributed by atoms with van der Waals surface area (Å²) in [7, 11) is 4.44. The minimum absolute atomic E-state index is 0.0316. The predicted octanol–water partition coefficient (Wildman–Crippen LogP) is 2.61. The summed E-state index contributed by atoms with van der Waals surface area (Å²) >= 11 is 0. The van der Waals surface area contributed by atoms with E-state index in [0.717, 1.165) is 36.8 Å². The van der Waals surface area contributed by atoms with Crippen LogP contribution in [0.5, 0.6) is 0 Å². The Morgan fingerprint density at radius 2 is 1.96 bits per heavy atom. The highest BCUT2D eigenvalue weighted by Gasteiger charge is 2.77. The molecule has 4 heteroatoms. The van der Waals surface area contributed by atoms with Crippen LogP contribution in [-0.2, 0) is 14.3 Å². The van der Waals surface area contributed by atoms with Crippen LogP contribution >= 0.6 is 0 Å². The molecule has 0 aromatic heterocycles. The molecule has 0 N–H and O–H groups in total. The Bertz CT molecular complexity index is 533. The molecule has 130 valence electrons. The van der Waals surface area contributed by atoms with Crippen molar-refractivity contribution < 1.29 is 18.8 Å². The number of esters is 1. The first-order chi connectivity index (χ1) is 10.7. The summed E-state index contributed by atoms with van der Waals surface area (Å²) in [6.45, 7) is 8.70. The Morgan fingerprint density at radius 1 is 1.22 bits per heavy atom. The molecule has 2 aliphatic carbocycles. The molecule has 0 unspecified atom stereocenters. The summed E-state index contributed by atoms with van der Waals surface area (Å²) < 4.78 is 13.3. The van der Waals surface area contributed by atoms with Crippen LogP contribution in [-0.4, -0.2) is 54.9 Å². The Balaban J connectivity index is 1.70. The summed E-state index contributed by atoms with van der Waals surface area (Å²) in [6.07, 6.45) is 4.77. The normalized spacial score (nSPS) is 51.5. The number of quaternary nitrogens is 1. The number of epoxide rings is 1. The fourth-order valence-electron chi connectivity index (χ4n) is 5.92. The van der Waals surface area contributed by atoms with E-state index in [-0.39, 0.29) is 29.2 Å². The van der Waals surface area contributed by atoms with Gasteiger partial charge in [-0.05, 0) is 45.4 Å². The molecule has 4 fully saturated rings. The zero-order valence-corrected chi connectivity index (χ0v) is 15.3. The lowest BCUT2D eigenvalue weighted by atomic mass is 9.55. The smallest absolute Gasteiger partial charge is 0.315 e. The third-order valence-corrected chi connectivity index (χ3v) is 7.64. The molecule has 2 aliphatic heterocycles. The van der Waals surface area contributed by atoms with Crippen molar-refractivity contribution >= 4 is 5.97 Å². The predicted molar refractivity (Wildman–Crippen MR) is 87.7 cm³/mol. The van der Waals surface area contributed by atoms with Gasteiger partial charge in [-0.25, -0.2) is 0 Å². The lowest BCUT2D eigenvalue weighted by Crippen LogP contribution is -2.59. The molecule has 4 rings (SSSR count). The minimum atomic E-state index is -0.319. The third kappa shape index (κ3) is 2.07. The van der Waals surface area contributed by atoms with Crippen molar-refractivity contribution in [3.8, 4) is 0 Å². The van der Waals surface area contributed by atoms with E-state index in [0.29, 0.717) is 17.8 Å². The van der Waals surface area contributed by atoms with Gasteiger partial charge in [-0.3, -0.25) is 4.79 Å². The number of carbonyl (C=O) groups excluding carboxylic acids is 1. The van der Waals surface area contributed by atoms with Crippen molar-refractivity contribution in [3.05, 3.63) is 0 Å². The number of hydrogen-bond donors (Lipinski definition) is 0. The van der Waals surface area contributed by atoms with Gasteiger partial charge in [0.2, 0.25) is 0 Å². The van der Waals surface area contributed by atoms with Gasteiger partial charge in [0.05, 0.1) is 32.8 Å². The molecule has 2 saturated heterocycles. The van der Waals surface area contributed by atoms with Crippen molar-refractivity contribution in [2.45, 2.75) is 63.8 Å². The van der Waals surface area contributed by atoms with Crippen LogP contribution in [0.25, 0.3) is 0 Å². The van der Waals surface area contributed by atoms with Gasteiger partial charge in [-0.15, -0.1) is 0 Å². The van der Waals surface area contributed by atoms with Gasteiger partial charge < -0.3 is 14.0 Å². The molecule has 23 heavy (non-hydrogen) atoms. The fourth-order valence-corrected chi connectivity index (χ4v) is 5.92. The maximum atomic E-state index is 12.9. The fraction of sp³-hybridized carbons (Fsp3) is 0.947. The van der Waals surface area contributed by atoms with Crippen molar-refractivity contribution in [2.75, 3.05) is 27.2 Å². The quantitative estimate of drug-likeness (QED) is 0.455. The summed E-state index contributed by atoms with van der Waals surface area (Å²) in [4.78, 5) is 12.9. The first-order valence-electron chi connectivity index (χ1n) is 9.46. The Hall–Kier alpha value is -0.610. The molecule has 2 saturated carbocycles. The van der Waals surface area contributed by atoms with E-state index in [1.54, 1.807) is 0 Å². The van der Waals surface area contributed by atoms with E-state index < -0.39 is 0 Å². The van der Waals surface area contributed by atoms with E-state index in [1.807, 2.05) is 0 Å². The zero-order chi connectivity index (χ0) is 16.6. The van der Waals surface area contributed by atoms with Crippen LogP contribution < -0.4 is 0 Å². The molecule has 0 aromatic rings. The van der Waals surface area contributed by atoms with Crippen molar-refractivity contribution in [3.63, 3.8) is 0 Å². The van der Waals surface area contributed by atoms with Gasteiger partial charge in [-0.1, -0.05) is 6.92 Å². The molecule has 4 nitrogen and oxygen atoms in total. The van der Waals surface area contributed by atoms with Gasteiger partial charge in [0, 0.05) is 11.8 Å². The number of carbonyl (C=O) groups is 1. The highest BCUT2D eigenvalue weighted by molar-refractivity contribution is 5.77. The van der Waals surface area contributed by atoms with Crippen LogP contribution in [0.2, 0.25) is 0 Å². The summed E-state index contributed by atoms with van der Waals surface area (Å²) in [5.74, 6) is 1.58. The number of rotatable bonds is 3. The van der Waals surface area contributed by atoms with E-state index >= 15 is 0 Å². The Kier molecular flexibility index (Phi) is 3.26. The molecule has 0 bridgehead atoms. The molecular formula is C19H32NO3+. The second kappa shape index (κ2) is 4.72. The molecule has 2 heterocycles. The SMILES string of the molecule is CC[N+](C)(C)C[C@H]1C(=O)O[C@@]23[C@H](CC[C@@]4(C)O[C@@H]24)[C@H](C)CC[C@@H]13. The van der Waals surface area contributed by atoms with E-state index in [2.05, 4.69) is 34.9 Å². The van der Waals surface area contributed by atoms with Gasteiger partial charge in [0.15, 0.2) is 0 Å². The number of ether oxygens (including phenoxy) is 2. The molecule has 4 aliphatic rings. The summed E-state index contributed by atoms with van der Waals surface area (Å²) in [5, 5.41) is 0. The average Bonchev–Trinajstić information content (AvgIpc) is 3.11. The Morgan fingerprint density at radius 3 is 2.65 bits per heavy atom. The number of nitrogens with zero attached hydrogens (tertiary/aromatic N) is 1. The number of hydrogen-bond acceptors (Lipinski definition) is 3. The van der Waals surface area contributed by atoms with Crippen LogP contribution in [0.1, 0.15) is 46.5 Å². The molecule has 0 amide bonds. The number of fused-ring (bicyclic) bond motifs is 1. The molecule has 0 aromatic carbocycles. The average molecular weight is 322 g/mol. The van der Waals surface area contributed by atoms with E-state index in [9.17, 15) is 4.79 Å². The van der Waals surface area contributed by atoms with Gasteiger partial charge in [0.25, 0.3) is 0 Å². The lowest BCUT2D eigenvalue weighted by Gasteiger charge is -2.50.